The van der Waals surface area contributed by atoms with Gasteiger partial charge < -0.3 is 10.4 Å². The summed E-state index contributed by atoms with van der Waals surface area (Å²) in [7, 11) is -1.56. The largest absolute Gasteiger partial charge is 0.395 e. The molecule has 6 heteroatoms. The standard InChI is InChI=1S/C10H16ClNO2SSi/c1-16(2,3)7-6-8(11)15-9(7)10(14)12-4-5-13/h6,13H,4-5H2,1-3H3,(H,12,14). The molecule has 0 saturated carbocycles. The van der Waals surface area contributed by atoms with Crippen LogP contribution in [0, 0.1) is 0 Å². The Bertz CT molecular complexity index is 387. The summed E-state index contributed by atoms with van der Waals surface area (Å²) in [6.07, 6.45) is 0. The lowest BCUT2D eigenvalue weighted by Gasteiger charge is -2.16. The molecule has 0 spiro atoms. The quantitative estimate of drug-likeness (QED) is 0.823. The number of amides is 1. The van der Waals surface area contributed by atoms with Gasteiger partial charge in [0.2, 0.25) is 0 Å². The summed E-state index contributed by atoms with van der Waals surface area (Å²) in [6.45, 7) is 6.75. The van der Waals surface area contributed by atoms with Gasteiger partial charge in [-0.2, -0.15) is 0 Å². The predicted octanol–water partition coefficient (Wildman–Crippen LogP) is 1.67. The number of carbonyl (C=O) groups excluding carboxylic acids is 1. The smallest absolute Gasteiger partial charge is 0.261 e. The van der Waals surface area contributed by atoms with Gasteiger partial charge in [0.1, 0.15) is 0 Å². The summed E-state index contributed by atoms with van der Waals surface area (Å²) in [4.78, 5) is 12.5. The van der Waals surface area contributed by atoms with Crippen molar-refractivity contribution in [3.8, 4) is 0 Å². The molecule has 1 amide bonds. The van der Waals surface area contributed by atoms with E-state index >= 15 is 0 Å². The van der Waals surface area contributed by atoms with Gasteiger partial charge in [-0.25, -0.2) is 0 Å². The highest BCUT2D eigenvalue weighted by molar-refractivity contribution is 7.20. The lowest BCUT2D eigenvalue weighted by molar-refractivity contribution is 0.0950. The van der Waals surface area contributed by atoms with Crippen molar-refractivity contribution in [2.45, 2.75) is 19.6 Å². The minimum absolute atomic E-state index is 0.0485. The van der Waals surface area contributed by atoms with Gasteiger partial charge in [0.25, 0.3) is 5.91 Å². The van der Waals surface area contributed by atoms with E-state index in [-0.39, 0.29) is 19.1 Å². The average molecular weight is 278 g/mol. The van der Waals surface area contributed by atoms with Crippen LogP contribution < -0.4 is 10.5 Å². The second-order valence-corrected chi connectivity index (χ2v) is 11.2. The molecule has 1 heterocycles. The molecule has 0 aromatic carbocycles. The molecule has 0 unspecified atom stereocenters. The van der Waals surface area contributed by atoms with E-state index in [1.165, 1.54) is 11.3 Å². The van der Waals surface area contributed by atoms with E-state index in [0.717, 1.165) is 5.19 Å². The number of hydrogen-bond acceptors (Lipinski definition) is 3. The number of thiophene rings is 1. The highest BCUT2D eigenvalue weighted by atomic mass is 35.5. The lowest BCUT2D eigenvalue weighted by Crippen LogP contribution is -2.42. The Morgan fingerprint density at radius 1 is 1.56 bits per heavy atom. The van der Waals surface area contributed by atoms with Crippen LogP contribution >= 0.6 is 22.9 Å². The van der Waals surface area contributed by atoms with Crippen LogP contribution in [0.25, 0.3) is 0 Å². The van der Waals surface area contributed by atoms with Crippen molar-refractivity contribution >= 4 is 42.1 Å². The monoisotopic (exact) mass is 277 g/mol. The predicted molar refractivity (Wildman–Crippen MR) is 71.7 cm³/mol. The van der Waals surface area contributed by atoms with E-state index in [1.54, 1.807) is 0 Å². The first kappa shape index (κ1) is 13.7. The maximum Gasteiger partial charge on any atom is 0.261 e. The summed E-state index contributed by atoms with van der Waals surface area (Å²) >= 11 is 7.27. The summed E-state index contributed by atoms with van der Waals surface area (Å²) in [6, 6.07) is 1.90. The van der Waals surface area contributed by atoms with Gasteiger partial charge in [0.05, 0.1) is 23.9 Å². The van der Waals surface area contributed by atoms with Crippen LogP contribution in [0.2, 0.25) is 24.0 Å². The fourth-order valence-corrected chi connectivity index (χ4v) is 5.02. The minimum Gasteiger partial charge on any atom is -0.395 e. The van der Waals surface area contributed by atoms with Crippen LogP contribution in [-0.4, -0.2) is 32.2 Å². The number of rotatable bonds is 4. The SMILES string of the molecule is C[Si](C)(C)c1cc(Cl)sc1C(=O)NCCO. The third-order valence-corrected chi connectivity index (χ3v) is 5.57. The number of aliphatic hydroxyl groups is 1. The first-order valence-electron chi connectivity index (χ1n) is 5.05. The lowest BCUT2D eigenvalue weighted by atomic mass is 10.4. The van der Waals surface area contributed by atoms with Crippen molar-refractivity contribution in [3.05, 3.63) is 15.3 Å². The van der Waals surface area contributed by atoms with Gasteiger partial charge in [-0.15, -0.1) is 11.3 Å². The van der Waals surface area contributed by atoms with Crippen molar-refractivity contribution in [1.29, 1.82) is 0 Å². The van der Waals surface area contributed by atoms with Crippen molar-refractivity contribution in [3.63, 3.8) is 0 Å². The molecule has 0 atom stereocenters. The van der Waals surface area contributed by atoms with Crippen LogP contribution in [0.5, 0.6) is 0 Å². The molecular formula is C10H16ClNO2SSi. The second-order valence-electron chi connectivity index (χ2n) is 4.52. The normalized spacial score (nSPS) is 11.6. The summed E-state index contributed by atoms with van der Waals surface area (Å²) in [5.41, 5.74) is 0. The Kier molecular flexibility index (Phi) is 4.55. The zero-order valence-electron chi connectivity index (χ0n) is 9.63. The van der Waals surface area contributed by atoms with Gasteiger partial charge in [-0.1, -0.05) is 31.2 Å². The molecule has 2 N–H and O–H groups in total. The molecule has 0 bridgehead atoms. The van der Waals surface area contributed by atoms with E-state index in [1.807, 2.05) is 6.07 Å². The number of halogens is 1. The molecule has 0 fully saturated rings. The van der Waals surface area contributed by atoms with Gasteiger partial charge >= 0.3 is 0 Å². The fraction of sp³-hybridized carbons (Fsp3) is 0.500. The van der Waals surface area contributed by atoms with E-state index in [4.69, 9.17) is 16.7 Å². The van der Waals surface area contributed by atoms with Crippen LogP contribution in [0.1, 0.15) is 9.67 Å². The minimum atomic E-state index is -1.56. The number of nitrogens with one attached hydrogen (secondary N) is 1. The van der Waals surface area contributed by atoms with Gasteiger partial charge in [0.15, 0.2) is 0 Å². The molecule has 0 aliphatic rings. The Morgan fingerprint density at radius 2 is 2.19 bits per heavy atom. The highest BCUT2D eigenvalue weighted by Crippen LogP contribution is 2.23. The summed E-state index contributed by atoms with van der Waals surface area (Å²) < 4.78 is 0.645. The average Bonchev–Trinajstić information content (AvgIpc) is 2.56. The van der Waals surface area contributed by atoms with Gasteiger partial charge in [0, 0.05) is 6.54 Å². The summed E-state index contributed by atoms with van der Waals surface area (Å²) in [5, 5.41) is 12.4. The maximum absolute atomic E-state index is 11.8. The van der Waals surface area contributed by atoms with Crippen molar-refractivity contribution in [1.82, 2.24) is 5.32 Å². The Hall–Kier alpha value is -0.363. The zero-order valence-corrected chi connectivity index (χ0v) is 12.2. The maximum atomic E-state index is 11.8. The number of hydrogen-bond donors (Lipinski definition) is 2. The van der Waals surface area contributed by atoms with Crippen LogP contribution in [0.15, 0.2) is 6.07 Å². The Morgan fingerprint density at radius 3 is 2.69 bits per heavy atom. The number of carbonyl (C=O) groups is 1. The fourth-order valence-electron chi connectivity index (χ4n) is 1.34. The van der Waals surface area contributed by atoms with Crippen molar-refractivity contribution in [2.75, 3.05) is 13.2 Å². The summed E-state index contributed by atoms with van der Waals surface area (Å²) in [5.74, 6) is -0.136. The van der Waals surface area contributed by atoms with Crippen LogP contribution in [0.3, 0.4) is 0 Å². The van der Waals surface area contributed by atoms with Gasteiger partial charge in [-0.05, 0) is 11.3 Å². The molecule has 0 radical (unpaired) electrons. The molecule has 1 aromatic heterocycles. The molecule has 90 valence electrons. The third-order valence-electron chi connectivity index (χ3n) is 2.11. The number of aliphatic hydroxyl groups excluding tert-OH is 1. The molecule has 16 heavy (non-hydrogen) atoms. The highest BCUT2D eigenvalue weighted by Gasteiger charge is 2.26. The first-order chi connectivity index (χ1) is 7.36. The zero-order chi connectivity index (χ0) is 12.3. The second kappa shape index (κ2) is 5.31. The van der Waals surface area contributed by atoms with E-state index in [2.05, 4.69) is 25.0 Å². The molecule has 1 aromatic rings. The van der Waals surface area contributed by atoms with Crippen molar-refractivity contribution in [2.24, 2.45) is 0 Å². The Balaban J connectivity index is 2.99. The Labute approximate surface area is 105 Å². The topological polar surface area (TPSA) is 49.3 Å². The molecular weight excluding hydrogens is 262 g/mol. The molecule has 0 aliphatic heterocycles. The molecule has 0 aliphatic carbocycles. The van der Waals surface area contributed by atoms with Crippen LogP contribution in [0.4, 0.5) is 0 Å². The van der Waals surface area contributed by atoms with Gasteiger partial charge in [-0.3, -0.25) is 4.79 Å². The van der Waals surface area contributed by atoms with E-state index < -0.39 is 8.07 Å². The molecule has 3 nitrogen and oxygen atoms in total. The first-order valence-corrected chi connectivity index (χ1v) is 9.74. The molecule has 1 rings (SSSR count). The van der Waals surface area contributed by atoms with Crippen LogP contribution in [-0.2, 0) is 0 Å². The molecule has 0 saturated heterocycles. The van der Waals surface area contributed by atoms with Crippen molar-refractivity contribution < 1.29 is 9.90 Å². The van der Waals surface area contributed by atoms with E-state index in [0.29, 0.717) is 9.21 Å². The van der Waals surface area contributed by atoms with E-state index in [9.17, 15) is 4.79 Å². The third kappa shape index (κ3) is 3.31.